The molecule has 76 valence electrons. The molecular weight excluding hydrogens is 311 g/mol. The van der Waals surface area contributed by atoms with Crippen molar-refractivity contribution in [1.82, 2.24) is 10.2 Å². The van der Waals surface area contributed by atoms with Crippen LogP contribution in [0.4, 0.5) is 0 Å². The fourth-order valence-corrected chi connectivity index (χ4v) is 2.66. The molecule has 1 saturated heterocycles. The second-order valence-corrected chi connectivity index (χ2v) is 6.17. The van der Waals surface area contributed by atoms with Crippen LogP contribution >= 0.6 is 33.9 Å². The normalized spacial score (nSPS) is 16.4. The maximum Gasteiger partial charge on any atom is 0.254 e. The zero-order valence-electron chi connectivity index (χ0n) is 7.79. The van der Waals surface area contributed by atoms with Gasteiger partial charge in [-0.2, -0.15) is 0 Å². The van der Waals surface area contributed by atoms with Gasteiger partial charge in [0, 0.05) is 25.5 Å². The number of likely N-dealkylation sites (N-methyl/N-ethyl adjacent to an activating group) is 1. The van der Waals surface area contributed by atoms with Crippen LogP contribution in [0.25, 0.3) is 0 Å². The molecule has 2 rings (SSSR count). The number of hydrogen-bond acceptors (Lipinski definition) is 3. The van der Waals surface area contributed by atoms with E-state index in [1.54, 1.807) is 11.3 Å². The number of halogens is 1. The molecule has 0 atom stereocenters. The predicted octanol–water partition coefficient (Wildman–Crippen LogP) is 1.40. The minimum Gasteiger partial charge on any atom is -0.336 e. The molecule has 1 aliphatic rings. The zero-order valence-corrected chi connectivity index (χ0v) is 10.8. The largest absolute Gasteiger partial charge is 0.336 e. The minimum atomic E-state index is 0.135. The van der Waals surface area contributed by atoms with E-state index in [9.17, 15) is 4.79 Å². The molecule has 0 saturated carbocycles. The van der Waals surface area contributed by atoms with Gasteiger partial charge in [-0.25, -0.2) is 0 Å². The summed E-state index contributed by atoms with van der Waals surface area (Å²) in [6, 6.07) is 2.32. The van der Waals surface area contributed by atoms with Gasteiger partial charge in [0.25, 0.3) is 5.91 Å². The molecule has 1 aliphatic heterocycles. The summed E-state index contributed by atoms with van der Waals surface area (Å²) in [6.45, 7) is 1.84. The smallest absolute Gasteiger partial charge is 0.254 e. The second-order valence-electron chi connectivity index (χ2n) is 3.37. The van der Waals surface area contributed by atoms with Crippen molar-refractivity contribution in [3.05, 3.63) is 19.9 Å². The lowest BCUT2D eigenvalue weighted by molar-refractivity contribution is 0.0681. The maximum atomic E-state index is 11.9. The van der Waals surface area contributed by atoms with Gasteiger partial charge in [0.05, 0.1) is 14.5 Å². The number of carbonyl (C=O) groups is 1. The second kappa shape index (κ2) is 4.16. The summed E-state index contributed by atoms with van der Waals surface area (Å²) in [4.78, 5) is 13.7. The molecule has 1 aromatic heterocycles. The third kappa shape index (κ3) is 1.94. The van der Waals surface area contributed by atoms with E-state index in [0.717, 1.165) is 21.5 Å². The summed E-state index contributed by atoms with van der Waals surface area (Å²) in [6.07, 6.45) is 0. The highest BCUT2D eigenvalue weighted by Crippen LogP contribution is 2.18. The van der Waals surface area contributed by atoms with Crippen molar-refractivity contribution < 1.29 is 4.79 Å². The van der Waals surface area contributed by atoms with Crippen LogP contribution < -0.4 is 5.32 Å². The van der Waals surface area contributed by atoms with Crippen LogP contribution in [0.15, 0.2) is 11.4 Å². The third-order valence-corrected chi connectivity index (χ3v) is 4.23. The topological polar surface area (TPSA) is 32.3 Å². The van der Waals surface area contributed by atoms with Crippen molar-refractivity contribution in [2.24, 2.45) is 0 Å². The summed E-state index contributed by atoms with van der Waals surface area (Å²) >= 11 is 3.84. The molecule has 1 N–H and O–H groups in total. The van der Waals surface area contributed by atoms with Crippen LogP contribution in [-0.2, 0) is 0 Å². The molecule has 0 aromatic carbocycles. The van der Waals surface area contributed by atoms with Crippen molar-refractivity contribution in [2.45, 2.75) is 6.04 Å². The lowest BCUT2D eigenvalue weighted by Gasteiger charge is -2.35. The first-order chi connectivity index (χ1) is 6.68. The number of carbonyl (C=O) groups excluding carboxylic acids is 1. The van der Waals surface area contributed by atoms with Gasteiger partial charge in [-0.1, -0.05) is 0 Å². The number of nitrogens with one attached hydrogen (secondary N) is 1. The molecule has 0 spiro atoms. The monoisotopic (exact) mass is 322 g/mol. The molecule has 0 radical (unpaired) electrons. The van der Waals surface area contributed by atoms with Crippen molar-refractivity contribution in [3.8, 4) is 0 Å². The number of hydrogen-bond donors (Lipinski definition) is 1. The van der Waals surface area contributed by atoms with Gasteiger partial charge in [0.2, 0.25) is 0 Å². The Labute approximate surface area is 101 Å². The summed E-state index contributed by atoms with van der Waals surface area (Å²) < 4.78 is 1.16. The van der Waals surface area contributed by atoms with Crippen LogP contribution in [0, 0.1) is 2.88 Å². The highest BCUT2D eigenvalue weighted by atomic mass is 127. The average Bonchev–Trinajstić information content (AvgIpc) is 2.47. The van der Waals surface area contributed by atoms with Crippen molar-refractivity contribution in [1.29, 1.82) is 0 Å². The van der Waals surface area contributed by atoms with E-state index in [2.05, 4.69) is 27.9 Å². The van der Waals surface area contributed by atoms with E-state index in [-0.39, 0.29) is 5.91 Å². The Balaban J connectivity index is 2.07. The van der Waals surface area contributed by atoms with Crippen LogP contribution in [0.2, 0.25) is 0 Å². The number of amides is 1. The van der Waals surface area contributed by atoms with Gasteiger partial charge in [-0.05, 0) is 28.7 Å². The molecule has 1 aromatic rings. The van der Waals surface area contributed by atoms with Gasteiger partial charge in [-0.3, -0.25) is 4.79 Å². The molecule has 2 heterocycles. The van der Waals surface area contributed by atoms with E-state index in [1.165, 1.54) is 0 Å². The number of rotatable bonds is 2. The first-order valence-electron chi connectivity index (χ1n) is 4.40. The van der Waals surface area contributed by atoms with E-state index < -0.39 is 0 Å². The van der Waals surface area contributed by atoms with Crippen LogP contribution in [0.1, 0.15) is 10.4 Å². The molecule has 5 heteroatoms. The summed E-state index contributed by atoms with van der Waals surface area (Å²) in [5.74, 6) is 0.135. The molecule has 0 bridgehead atoms. The molecule has 0 unspecified atom stereocenters. The summed E-state index contributed by atoms with van der Waals surface area (Å²) in [7, 11) is 1.87. The van der Waals surface area contributed by atoms with Gasteiger partial charge >= 0.3 is 0 Å². The van der Waals surface area contributed by atoms with Crippen LogP contribution in [0.5, 0.6) is 0 Å². The fourth-order valence-electron chi connectivity index (χ4n) is 1.34. The summed E-state index contributed by atoms with van der Waals surface area (Å²) in [5.41, 5.74) is 0.814. The average molecular weight is 322 g/mol. The lowest BCUT2D eigenvalue weighted by Crippen LogP contribution is -2.57. The lowest BCUT2D eigenvalue weighted by atomic mass is 10.1. The molecule has 1 amide bonds. The van der Waals surface area contributed by atoms with Crippen LogP contribution in [-0.4, -0.2) is 37.0 Å². The third-order valence-electron chi connectivity index (χ3n) is 2.44. The summed E-state index contributed by atoms with van der Waals surface area (Å²) in [5, 5.41) is 5.08. The van der Waals surface area contributed by atoms with Gasteiger partial charge < -0.3 is 10.2 Å². The fraction of sp³-hybridized carbons (Fsp3) is 0.444. The Morgan fingerprint density at radius 3 is 2.86 bits per heavy atom. The molecule has 14 heavy (non-hydrogen) atoms. The Kier molecular flexibility index (Phi) is 3.08. The van der Waals surface area contributed by atoms with E-state index in [0.29, 0.717) is 6.04 Å². The Hall–Kier alpha value is -0.140. The van der Waals surface area contributed by atoms with E-state index in [4.69, 9.17) is 0 Å². The molecule has 3 nitrogen and oxygen atoms in total. The first kappa shape index (κ1) is 10.4. The minimum absolute atomic E-state index is 0.135. The molecular formula is C9H11IN2OS. The van der Waals surface area contributed by atoms with E-state index >= 15 is 0 Å². The maximum absolute atomic E-state index is 11.9. The van der Waals surface area contributed by atoms with Crippen LogP contribution in [0.3, 0.4) is 0 Å². The number of thiophene rings is 1. The first-order valence-corrected chi connectivity index (χ1v) is 6.36. The zero-order chi connectivity index (χ0) is 10.1. The van der Waals surface area contributed by atoms with Crippen molar-refractivity contribution in [3.63, 3.8) is 0 Å². The quantitative estimate of drug-likeness (QED) is 0.835. The van der Waals surface area contributed by atoms with E-state index in [1.807, 2.05) is 23.4 Å². The Bertz CT molecular complexity index is 348. The SMILES string of the molecule is CN(C(=O)c1csc(I)c1)C1CNC1. The predicted molar refractivity (Wildman–Crippen MR) is 65.8 cm³/mol. The molecule has 0 aliphatic carbocycles. The van der Waals surface area contributed by atoms with Gasteiger partial charge in [-0.15, -0.1) is 11.3 Å². The Morgan fingerprint density at radius 2 is 2.43 bits per heavy atom. The molecule has 1 fully saturated rings. The highest BCUT2D eigenvalue weighted by molar-refractivity contribution is 14.1. The van der Waals surface area contributed by atoms with Crippen molar-refractivity contribution >= 4 is 39.8 Å². The van der Waals surface area contributed by atoms with Gasteiger partial charge in [0.1, 0.15) is 0 Å². The van der Waals surface area contributed by atoms with Crippen molar-refractivity contribution in [2.75, 3.05) is 20.1 Å². The standard InChI is InChI=1S/C9H11IN2OS/c1-12(7-3-11-4-7)9(13)6-2-8(10)14-5-6/h2,5,7,11H,3-4H2,1H3. The Morgan fingerprint density at radius 1 is 1.71 bits per heavy atom. The number of nitrogens with zero attached hydrogens (tertiary/aromatic N) is 1. The highest BCUT2D eigenvalue weighted by Gasteiger charge is 2.26. The van der Waals surface area contributed by atoms with Gasteiger partial charge in [0.15, 0.2) is 0 Å².